The summed E-state index contributed by atoms with van der Waals surface area (Å²) in [5.74, 6) is 1.56. The zero-order chi connectivity index (χ0) is 15.9. The van der Waals surface area contributed by atoms with Crippen molar-refractivity contribution >= 4 is 17.3 Å². The molecule has 1 rings (SSSR count). The minimum Gasteiger partial charge on any atom is -0.356 e. The molecule has 0 amide bonds. The Kier molecular flexibility index (Phi) is 7.15. The quantitative estimate of drug-likeness (QED) is 0.624. The predicted octanol–water partition coefficient (Wildman–Crippen LogP) is 3.54. The van der Waals surface area contributed by atoms with E-state index >= 15 is 0 Å². The molecule has 0 aliphatic rings. The van der Waals surface area contributed by atoms with Crippen LogP contribution in [0.15, 0.2) is 10.4 Å². The molecule has 0 radical (unpaired) electrons. The molecule has 21 heavy (non-hydrogen) atoms. The lowest BCUT2D eigenvalue weighted by Crippen LogP contribution is -2.39. The molecule has 4 nitrogen and oxygen atoms in total. The minimum absolute atomic E-state index is 0.123. The predicted molar refractivity (Wildman–Crippen MR) is 93.1 cm³/mol. The van der Waals surface area contributed by atoms with Gasteiger partial charge in [-0.1, -0.05) is 47.5 Å². The molecule has 1 aromatic heterocycles. The average Bonchev–Trinajstić information content (AvgIpc) is 2.92. The maximum atomic E-state index is 4.69. The minimum atomic E-state index is 0.123. The van der Waals surface area contributed by atoms with Crippen molar-refractivity contribution < 1.29 is 0 Å². The number of nitrogens with one attached hydrogen (secondary N) is 2. The Bertz CT molecular complexity index is 441. The van der Waals surface area contributed by atoms with Crippen molar-refractivity contribution in [1.82, 2.24) is 15.6 Å². The Balaban J connectivity index is 2.47. The van der Waals surface area contributed by atoms with Gasteiger partial charge >= 0.3 is 0 Å². The summed E-state index contributed by atoms with van der Waals surface area (Å²) in [5.41, 5.74) is 1.20. The van der Waals surface area contributed by atoms with E-state index in [0.29, 0.717) is 5.92 Å². The van der Waals surface area contributed by atoms with Crippen LogP contribution in [0.1, 0.15) is 58.2 Å². The van der Waals surface area contributed by atoms with E-state index in [2.05, 4.69) is 60.6 Å². The highest BCUT2D eigenvalue weighted by molar-refractivity contribution is 7.09. The first kappa shape index (κ1) is 18.0. The molecule has 1 heterocycles. The number of hydrogen-bond donors (Lipinski definition) is 2. The summed E-state index contributed by atoms with van der Waals surface area (Å²) in [4.78, 5) is 8.96. The number of hydrogen-bond acceptors (Lipinski definition) is 3. The van der Waals surface area contributed by atoms with Crippen molar-refractivity contribution in [2.24, 2.45) is 10.9 Å². The lowest BCUT2D eigenvalue weighted by Gasteiger charge is -2.16. The van der Waals surface area contributed by atoms with Crippen LogP contribution in [-0.2, 0) is 12.0 Å². The van der Waals surface area contributed by atoms with E-state index in [1.165, 1.54) is 17.8 Å². The van der Waals surface area contributed by atoms with Crippen molar-refractivity contribution in [3.8, 4) is 0 Å². The van der Waals surface area contributed by atoms with Gasteiger partial charge in [-0.2, -0.15) is 0 Å². The average molecular weight is 311 g/mol. The molecular weight excluding hydrogens is 280 g/mol. The number of aromatic nitrogens is 1. The Morgan fingerprint density at radius 2 is 1.95 bits per heavy atom. The zero-order valence-corrected chi connectivity index (χ0v) is 15.1. The van der Waals surface area contributed by atoms with Gasteiger partial charge in [0.05, 0.1) is 17.2 Å². The number of rotatable bonds is 6. The number of aliphatic imine (C=N–C) groups is 1. The van der Waals surface area contributed by atoms with E-state index in [9.17, 15) is 0 Å². The third-order valence-corrected chi connectivity index (χ3v) is 4.88. The third kappa shape index (κ3) is 6.04. The van der Waals surface area contributed by atoms with Crippen molar-refractivity contribution in [3.63, 3.8) is 0 Å². The molecule has 120 valence electrons. The summed E-state index contributed by atoms with van der Waals surface area (Å²) < 4.78 is 0. The van der Waals surface area contributed by atoms with E-state index in [-0.39, 0.29) is 5.41 Å². The van der Waals surface area contributed by atoms with Crippen LogP contribution in [-0.4, -0.2) is 24.5 Å². The van der Waals surface area contributed by atoms with Gasteiger partial charge in [0.25, 0.3) is 0 Å². The summed E-state index contributed by atoms with van der Waals surface area (Å²) >= 11 is 1.73. The molecule has 5 heteroatoms. The summed E-state index contributed by atoms with van der Waals surface area (Å²) in [7, 11) is 1.81. The van der Waals surface area contributed by atoms with Crippen LogP contribution in [0.4, 0.5) is 0 Å². The second-order valence-electron chi connectivity index (χ2n) is 6.38. The van der Waals surface area contributed by atoms with Crippen molar-refractivity contribution in [2.45, 2.75) is 59.4 Å². The number of nitrogens with zero attached hydrogens (tertiary/aromatic N) is 2. The van der Waals surface area contributed by atoms with Gasteiger partial charge in [-0.25, -0.2) is 4.98 Å². The normalized spacial score (nSPS) is 12.8. The van der Waals surface area contributed by atoms with Crippen molar-refractivity contribution in [2.75, 3.05) is 13.6 Å². The molecule has 0 aromatic carbocycles. The van der Waals surface area contributed by atoms with Gasteiger partial charge in [-0.15, -0.1) is 11.3 Å². The Morgan fingerprint density at radius 1 is 1.29 bits per heavy atom. The number of thiazole rings is 1. The first-order valence-corrected chi connectivity index (χ1v) is 8.68. The molecule has 1 aromatic rings. The molecule has 0 unspecified atom stereocenters. The molecule has 0 aliphatic carbocycles. The lowest BCUT2D eigenvalue weighted by molar-refractivity contribution is 0.481. The Labute approximate surface area is 133 Å². The van der Waals surface area contributed by atoms with Gasteiger partial charge in [0.1, 0.15) is 0 Å². The summed E-state index contributed by atoms with van der Waals surface area (Å²) in [6.45, 7) is 12.7. The van der Waals surface area contributed by atoms with Crippen LogP contribution in [0.25, 0.3) is 0 Å². The van der Waals surface area contributed by atoms with Crippen molar-refractivity contribution in [3.05, 3.63) is 16.1 Å². The maximum absolute atomic E-state index is 4.69. The van der Waals surface area contributed by atoms with Gasteiger partial charge in [-0.3, -0.25) is 4.99 Å². The molecule has 0 saturated heterocycles. The molecule has 0 aliphatic heterocycles. The van der Waals surface area contributed by atoms with E-state index in [0.717, 1.165) is 24.7 Å². The van der Waals surface area contributed by atoms with Gasteiger partial charge in [0, 0.05) is 24.4 Å². The molecular formula is C16H30N4S. The summed E-state index contributed by atoms with van der Waals surface area (Å²) in [6, 6.07) is 0. The standard InChI is InChI=1S/C16H30N4S/c1-7-12(8-2)9-18-15(17-6)19-10-13-11-21-14(20-13)16(3,4)5/h11-12H,7-10H2,1-6H3,(H2,17,18,19). The molecule has 0 fully saturated rings. The fraction of sp³-hybridized carbons (Fsp3) is 0.750. The zero-order valence-electron chi connectivity index (χ0n) is 14.3. The first-order chi connectivity index (χ1) is 9.90. The summed E-state index contributed by atoms with van der Waals surface area (Å²) in [6.07, 6.45) is 2.39. The van der Waals surface area contributed by atoms with Crippen LogP contribution in [0.3, 0.4) is 0 Å². The second-order valence-corrected chi connectivity index (χ2v) is 7.24. The molecule has 2 N–H and O–H groups in total. The van der Waals surface area contributed by atoms with Gasteiger partial charge in [-0.05, 0) is 5.92 Å². The maximum Gasteiger partial charge on any atom is 0.191 e. The highest BCUT2D eigenvalue weighted by Gasteiger charge is 2.17. The smallest absolute Gasteiger partial charge is 0.191 e. The van der Waals surface area contributed by atoms with Crippen LogP contribution >= 0.6 is 11.3 Å². The third-order valence-electron chi connectivity index (χ3n) is 3.57. The van der Waals surface area contributed by atoms with Gasteiger partial charge < -0.3 is 10.6 Å². The molecule has 0 spiro atoms. The largest absolute Gasteiger partial charge is 0.356 e. The second kappa shape index (κ2) is 8.37. The number of guanidine groups is 1. The Morgan fingerprint density at radius 3 is 2.43 bits per heavy atom. The van der Waals surface area contributed by atoms with Crippen LogP contribution in [0.5, 0.6) is 0 Å². The Hall–Kier alpha value is -1.10. The fourth-order valence-electron chi connectivity index (χ4n) is 1.95. The van der Waals surface area contributed by atoms with Crippen molar-refractivity contribution in [1.29, 1.82) is 0 Å². The van der Waals surface area contributed by atoms with Gasteiger partial charge in [0.2, 0.25) is 0 Å². The molecule has 0 saturated carbocycles. The SMILES string of the molecule is CCC(CC)CNC(=NC)NCc1csc(C(C)(C)C)n1. The highest BCUT2D eigenvalue weighted by atomic mass is 32.1. The molecule has 0 bridgehead atoms. The highest BCUT2D eigenvalue weighted by Crippen LogP contribution is 2.25. The van der Waals surface area contributed by atoms with E-state index in [1.54, 1.807) is 11.3 Å². The van der Waals surface area contributed by atoms with Crippen LogP contribution in [0.2, 0.25) is 0 Å². The summed E-state index contributed by atoms with van der Waals surface area (Å²) in [5, 5.41) is 10.0. The molecule has 0 atom stereocenters. The topological polar surface area (TPSA) is 49.3 Å². The van der Waals surface area contributed by atoms with E-state index in [4.69, 9.17) is 0 Å². The van der Waals surface area contributed by atoms with E-state index < -0.39 is 0 Å². The monoisotopic (exact) mass is 310 g/mol. The van der Waals surface area contributed by atoms with Crippen LogP contribution in [0, 0.1) is 5.92 Å². The van der Waals surface area contributed by atoms with Gasteiger partial charge in [0.15, 0.2) is 5.96 Å². The fourth-order valence-corrected chi connectivity index (χ4v) is 2.85. The lowest BCUT2D eigenvalue weighted by atomic mass is 9.98. The first-order valence-electron chi connectivity index (χ1n) is 7.80. The van der Waals surface area contributed by atoms with E-state index in [1.807, 2.05) is 7.05 Å². The van der Waals surface area contributed by atoms with Crippen LogP contribution < -0.4 is 10.6 Å².